The molecule has 1 aromatic heterocycles. The molecule has 2 heteroatoms. The van der Waals surface area contributed by atoms with E-state index in [2.05, 4.69) is 247 Å². The zero-order chi connectivity index (χ0) is 42.6. The maximum Gasteiger partial charge on any atom is 0.0555 e. The lowest BCUT2D eigenvalue weighted by atomic mass is 9.78. The molecule has 62 heavy (non-hydrogen) atoms. The maximum atomic E-state index is 2.50. The first-order chi connectivity index (χ1) is 30.0. The van der Waals surface area contributed by atoms with Crippen LogP contribution in [0.1, 0.15) is 52.7 Å². The Labute approximate surface area is 370 Å². The van der Waals surface area contributed by atoms with Crippen LogP contribution in [0.15, 0.2) is 200 Å². The van der Waals surface area contributed by atoms with Crippen LogP contribution in [0, 0.1) is 0 Å². The summed E-state index contributed by atoms with van der Waals surface area (Å²) in [6, 6.07) is 74.2. The topological polar surface area (TPSA) is 3.24 Å². The molecule has 0 unspecified atom stereocenters. The third kappa shape index (κ3) is 7.29. The molecule has 0 saturated carbocycles. The fraction of sp³-hybridized carbons (Fsp3) is 0.133. The largest absolute Gasteiger partial charge is 0.309 e. The zero-order valence-corrected chi connectivity index (χ0v) is 37.2. The van der Waals surface area contributed by atoms with Crippen molar-refractivity contribution in [2.24, 2.45) is 0 Å². The Balaban J connectivity index is 1.18. The number of benzene rings is 9. The van der Waals surface area contributed by atoms with Crippen molar-refractivity contribution in [2.75, 3.05) is 4.90 Å². The van der Waals surface area contributed by atoms with E-state index in [9.17, 15) is 0 Å². The molecular formula is C60H51NS. The highest BCUT2D eigenvalue weighted by atomic mass is 32.1. The smallest absolute Gasteiger partial charge is 0.0555 e. The first kappa shape index (κ1) is 39.4. The second-order valence-electron chi connectivity index (χ2n) is 18.6. The fourth-order valence-electron chi connectivity index (χ4n) is 8.99. The van der Waals surface area contributed by atoms with Crippen LogP contribution in [-0.4, -0.2) is 0 Å². The lowest BCUT2D eigenvalue weighted by molar-refractivity contribution is 0.569. The monoisotopic (exact) mass is 817 g/mol. The minimum atomic E-state index is 0.00450. The van der Waals surface area contributed by atoms with Crippen LogP contribution in [0.3, 0.4) is 0 Å². The van der Waals surface area contributed by atoms with E-state index in [1.807, 2.05) is 11.3 Å². The molecule has 10 rings (SSSR count). The summed E-state index contributed by atoms with van der Waals surface area (Å²) < 4.78 is 2.57. The van der Waals surface area contributed by atoms with Crippen molar-refractivity contribution in [1.82, 2.24) is 0 Å². The predicted octanol–water partition coefficient (Wildman–Crippen LogP) is 17.9. The third-order valence-electron chi connectivity index (χ3n) is 12.4. The van der Waals surface area contributed by atoms with E-state index in [-0.39, 0.29) is 10.8 Å². The van der Waals surface area contributed by atoms with E-state index < -0.39 is 0 Å². The van der Waals surface area contributed by atoms with Crippen molar-refractivity contribution >= 4 is 59.3 Å². The molecule has 0 saturated heterocycles. The average Bonchev–Trinajstić information content (AvgIpc) is 3.68. The molecule has 1 nitrogen and oxygen atoms in total. The van der Waals surface area contributed by atoms with E-state index in [0.717, 1.165) is 11.4 Å². The molecule has 0 amide bonds. The molecule has 1 heterocycles. The molecule has 0 atom stereocenters. The summed E-state index contributed by atoms with van der Waals surface area (Å²) in [6.45, 7) is 13.9. The van der Waals surface area contributed by atoms with Gasteiger partial charge in [0.25, 0.3) is 0 Å². The van der Waals surface area contributed by atoms with Gasteiger partial charge in [0, 0.05) is 31.4 Å². The molecule has 0 bridgehead atoms. The van der Waals surface area contributed by atoms with Crippen molar-refractivity contribution in [3.63, 3.8) is 0 Å². The van der Waals surface area contributed by atoms with E-state index in [4.69, 9.17) is 0 Å². The molecule has 0 aliphatic rings. The second-order valence-corrected chi connectivity index (χ2v) is 19.7. The van der Waals surface area contributed by atoms with Gasteiger partial charge in [0.05, 0.1) is 11.4 Å². The first-order valence-electron chi connectivity index (χ1n) is 21.8. The highest BCUT2D eigenvalue weighted by molar-refractivity contribution is 7.26. The molecule has 0 fully saturated rings. The van der Waals surface area contributed by atoms with Gasteiger partial charge >= 0.3 is 0 Å². The van der Waals surface area contributed by atoms with Gasteiger partial charge in [0.15, 0.2) is 0 Å². The molecule has 0 spiro atoms. The number of hydrogen-bond acceptors (Lipinski definition) is 2. The summed E-state index contributed by atoms with van der Waals surface area (Å²) >= 11 is 1.86. The minimum absolute atomic E-state index is 0.00450. The van der Waals surface area contributed by atoms with Crippen molar-refractivity contribution in [1.29, 1.82) is 0 Å². The van der Waals surface area contributed by atoms with Crippen LogP contribution < -0.4 is 4.90 Å². The Morgan fingerprint density at radius 3 is 1.52 bits per heavy atom. The molecule has 0 radical (unpaired) electrons. The van der Waals surface area contributed by atoms with E-state index in [0.29, 0.717) is 0 Å². The molecule has 0 aliphatic heterocycles. The Morgan fingerprint density at radius 2 is 0.855 bits per heavy atom. The Hall–Kier alpha value is -6.74. The number of nitrogens with zero attached hydrogens (tertiary/aromatic N) is 1. The van der Waals surface area contributed by atoms with Gasteiger partial charge < -0.3 is 4.90 Å². The van der Waals surface area contributed by atoms with Crippen LogP contribution >= 0.6 is 11.3 Å². The van der Waals surface area contributed by atoms with E-state index in [1.54, 1.807) is 0 Å². The standard InChI is InChI=1S/C60H51NS/c1-59(2,3)46-37-45(38-47(39-46)60(4,5)6)49-23-14-19-44-20-15-24-51(57(44)49)50-21-10-12-25-53(50)61(54-26-16-28-56-58(54)52-22-11-13-27-55(52)62-56)48-35-33-43(34-36-48)42-31-29-41(30-32-42)40-17-8-7-9-18-40/h7-39H,1-6H3. The summed E-state index contributed by atoms with van der Waals surface area (Å²) in [5.41, 5.74) is 15.9. The predicted molar refractivity (Wildman–Crippen MR) is 271 cm³/mol. The minimum Gasteiger partial charge on any atom is -0.309 e. The third-order valence-corrected chi connectivity index (χ3v) is 13.5. The van der Waals surface area contributed by atoms with Crippen LogP contribution in [0.5, 0.6) is 0 Å². The second kappa shape index (κ2) is 15.6. The summed E-state index contributed by atoms with van der Waals surface area (Å²) in [4.78, 5) is 2.50. The van der Waals surface area contributed by atoms with Crippen molar-refractivity contribution in [3.05, 3.63) is 211 Å². The van der Waals surface area contributed by atoms with E-state index >= 15 is 0 Å². The Kier molecular flexibility index (Phi) is 9.93. The Bertz CT molecular complexity index is 3190. The number of thiophene rings is 1. The molecule has 0 aliphatic carbocycles. The molecular weight excluding hydrogens is 767 g/mol. The lowest BCUT2D eigenvalue weighted by Gasteiger charge is -2.29. The van der Waals surface area contributed by atoms with Gasteiger partial charge in [-0.2, -0.15) is 0 Å². The highest BCUT2D eigenvalue weighted by Gasteiger charge is 2.25. The van der Waals surface area contributed by atoms with Crippen molar-refractivity contribution in [3.8, 4) is 44.5 Å². The summed E-state index contributed by atoms with van der Waals surface area (Å²) in [6.07, 6.45) is 0. The zero-order valence-electron chi connectivity index (χ0n) is 36.4. The summed E-state index contributed by atoms with van der Waals surface area (Å²) in [5.74, 6) is 0. The van der Waals surface area contributed by atoms with Gasteiger partial charge in [-0.1, -0.05) is 205 Å². The van der Waals surface area contributed by atoms with Crippen molar-refractivity contribution in [2.45, 2.75) is 52.4 Å². The number of rotatable bonds is 7. The fourth-order valence-corrected chi connectivity index (χ4v) is 10.1. The number of anilines is 3. The number of para-hydroxylation sites is 1. The molecule has 10 aromatic rings. The maximum absolute atomic E-state index is 2.50. The Morgan fingerprint density at radius 1 is 0.355 bits per heavy atom. The SMILES string of the molecule is CC(C)(C)c1cc(-c2cccc3cccc(-c4ccccc4N(c4ccc(-c5ccc(-c6ccccc6)cc5)cc4)c4cccc5sc6ccccc6c45)c23)cc(C(C)(C)C)c1. The van der Waals surface area contributed by atoms with Gasteiger partial charge in [-0.15, -0.1) is 11.3 Å². The lowest BCUT2D eigenvalue weighted by Crippen LogP contribution is -2.16. The van der Waals surface area contributed by atoms with Gasteiger partial charge in [0.2, 0.25) is 0 Å². The summed E-state index contributed by atoms with van der Waals surface area (Å²) in [5, 5.41) is 5.05. The van der Waals surface area contributed by atoms with Crippen LogP contribution in [0.2, 0.25) is 0 Å². The van der Waals surface area contributed by atoms with Crippen LogP contribution in [-0.2, 0) is 10.8 Å². The molecule has 9 aromatic carbocycles. The van der Waals surface area contributed by atoms with Crippen molar-refractivity contribution < 1.29 is 0 Å². The van der Waals surface area contributed by atoms with Gasteiger partial charge in [-0.05, 0) is 108 Å². The quantitative estimate of drug-likeness (QED) is 0.155. The first-order valence-corrected chi connectivity index (χ1v) is 22.6. The van der Waals surface area contributed by atoms with Crippen LogP contribution in [0.25, 0.3) is 75.5 Å². The van der Waals surface area contributed by atoms with Gasteiger partial charge in [0.1, 0.15) is 0 Å². The highest BCUT2D eigenvalue weighted by Crippen LogP contribution is 2.49. The molecule has 0 N–H and O–H groups in total. The number of hydrogen-bond donors (Lipinski definition) is 0. The normalized spacial score (nSPS) is 12.0. The van der Waals surface area contributed by atoms with Gasteiger partial charge in [-0.3, -0.25) is 0 Å². The van der Waals surface area contributed by atoms with Crippen LogP contribution in [0.4, 0.5) is 17.1 Å². The molecule has 302 valence electrons. The number of fused-ring (bicyclic) bond motifs is 4. The van der Waals surface area contributed by atoms with E-state index in [1.165, 1.54) is 92.3 Å². The van der Waals surface area contributed by atoms with Gasteiger partial charge in [-0.25, -0.2) is 0 Å². The average molecular weight is 818 g/mol. The summed E-state index contributed by atoms with van der Waals surface area (Å²) in [7, 11) is 0.